The van der Waals surface area contributed by atoms with Gasteiger partial charge in [-0.1, -0.05) is 48.0 Å². The highest BCUT2D eigenvalue weighted by molar-refractivity contribution is 7.15. The second kappa shape index (κ2) is 6.98. The van der Waals surface area contributed by atoms with Crippen LogP contribution in [-0.2, 0) is 17.6 Å². The molecule has 1 aromatic heterocycles. The third-order valence-electron chi connectivity index (χ3n) is 4.42. The van der Waals surface area contributed by atoms with Crippen LogP contribution in [0, 0.1) is 5.92 Å². The van der Waals surface area contributed by atoms with Gasteiger partial charge in [0.2, 0.25) is 5.91 Å². The quantitative estimate of drug-likeness (QED) is 0.689. The van der Waals surface area contributed by atoms with Crippen molar-refractivity contribution in [1.29, 1.82) is 0 Å². The summed E-state index contributed by atoms with van der Waals surface area (Å²) in [5.74, 6) is 0.0399. The van der Waals surface area contributed by atoms with Crippen LogP contribution in [0.4, 0.5) is 5.69 Å². The van der Waals surface area contributed by atoms with E-state index in [9.17, 15) is 4.79 Å². The van der Waals surface area contributed by atoms with Crippen LogP contribution in [-0.4, -0.2) is 10.9 Å². The maximum Gasteiger partial charge on any atom is 0.227 e. The van der Waals surface area contributed by atoms with Crippen LogP contribution in [0.25, 0.3) is 10.6 Å². The van der Waals surface area contributed by atoms with E-state index in [2.05, 4.69) is 17.4 Å². The number of anilines is 1. The van der Waals surface area contributed by atoms with Crippen LogP contribution in [0.5, 0.6) is 0 Å². The second-order valence-corrected chi connectivity index (χ2v) is 7.71. The second-order valence-electron chi connectivity index (χ2n) is 6.19. The van der Waals surface area contributed by atoms with Crippen molar-refractivity contribution in [2.24, 2.45) is 5.92 Å². The zero-order valence-corrected chi connectivity index (χ0v) is 15.1. The average molecular weight is 369 g/mol. The van der Waals surface area contributed by atoms with E-state index in [1.54, 1.807) is 23.5 Å². The molecule has 1 atom stereocenters. The molecule has 4 rings (SSSR count). The van der Waals surface area contributed by atoms with Crippen molar-refractivity contribution in [1.82, 2.24) is 4.98 Å². The molecular weight excluding hydrogens is 352 g/mol. The summed E-state index contributed by atoms with van der Waals surface area (Å²) >= 11 is 7.69. The Hall–Kier alpha value is -2.17. The zero-order chi connectivity index (χ0) is 17.2. The van der Waals surface area contributed by atoms with E-state index in [0.29, 0.717) is 5.02 Å². The standard InChI is InChI=1S/C20H17ClN2OS/c21-15-7-4-8-16(12-15)22-19(24)14-9-10-17-18(11-14)25-20(23-17)13-5-2-1-3-6-13/h1-8,12,14H,9-11H2,(H,22,24). The van der Waals surface area contributed by atoms with Crippen LogP contribution >= 0.6 is 22.9 Å². The Bertz CT molecular complexity index is 907. The molecule has 5 heteroatoms. The third kappa shape index (κ3) is 3.60. The predicted octanol–water partition coefficient (Wildman–Crippen LogP) is 5.21. The lowest BCUT2D eigenvalue weighted by atomic mass is 9.90. The number of amides is 1. The van der Waals surface area contributed by atoms with E-state index >= 15 is 0 Å². The number of hydrogen-bond acceptors (Lipinski definition) is 3. The van der Waals surface area contributed by atoms with Crippen molar-refractivity contribution in [3.63, 3.8) is 0 Å². The first-order chi connectivity index (χ1) is 12.2. The van der Waals surface area contributed by atoms with Crippen LogP contribution in [0.15, 0.2) is 54.6 Å². The summed E-state index contributed by atoms with van der Waals surface area (Å²) in [5, 5.41) is 4.65. The lowest BCUT2D eigenvalue weighted by molar-refractivity contribution is -0.120. The van der Waals surface area contributed by atoms with Crippen LogP contribution in [0.1, 0.15) is 17.0 Å². The Morgan fingerprint density at radius 2 is 2.00 bits per heavy atom. The smallest absolute Gasteiger partial charge is 0.227 e. The maximum atomic E-state index is 12.6. The first kappa shape index (κ1) is 16.3. The van der Waals surface area contributed by atoms with E-state index in [4.69, 9.17) is 16.6 Å². The molecule has 3 aromatic rings. The Balaban J connectivity index is 1.49. The molecule has 0 saturated carbocycles. The molecule has 2 aromatic carbocycles. The summed E-state index contributed by atoms with van der Waals surface area (Å²) in [6.45, 7) is 0. The number of rotatable bonds is 3. The minimum Gasteiger partial charge on any atom is -0.326 e. The Labute approximate surface area is 155 Å². The zero-order valence-electron chi connectivity index (χ0n) is 13.5. The fourth-order valence-corrected chi connectivity index (χ4v) is 4.50. The van der Waals surface area contributed by atoms with Crippen molar-refractivity contribution < 1.29 is 4.79 Å². The van der Waals surface area contributed by atoms with Gasteiger partial charge in [0.15, 0.2) is 0 Å². The van der Waals surface area contributed by atoms with E-state index in [1.807, 2.05) is 30.3 Å². The van der Waals surface area contributed by atoms with E-state index in [-0.39, 0.29) is 11.8 Å². The number of carbonyl (C=O) groups is 1. The van der Waals surface area contributed by atoms with Crippen LogP contribution in [0.3, 0.4) is 0 Å². The third-order valence-corrected chi connectivity index (χ3v) is 5.83. The first-order valence-electron chi connectivity index (χ1n) is 8.29. The van der Waals surface area contributed by atoms with Crippen molar-refractivity contribution in [2.45, 2.75) is 19.3 Å². The molecule has 126 valence electrons. The van der Waals surface area contributed by atoms with Crippen molar-refractivity contribution in [2.75, 3.05) is 5.32 Å². The summed E-state index contributed by atoms with van der Waals surface area (Å²) in [6.07, 6.45) is 2.44. The molecule has 0 aliphatic heterocycles. The lowest BCUT2D eigenvalue weighted by Crippen LogP contribution is -2.27. The minimum atomic E-state index is -0.0180. The van der Waals surface area contributed by atoms with Gasteiger partial charge in [-0.25, -0.2) is 4.98 Å². The maximum absolute atomic E-state index is 12.6. The summed E-state index contributed by atoms with van der Waals surface area (Å²) in [7, 11) is 0. The summed E-state index contributed by atoms with van der Waals surface area (Å²) in [5.41, 5.74) is 3.04. The summed E-state index contributed by atoms with van der Waals surface area (Å²) < 4.78 is 0. The van der Waals surface area contributed by atoms with Gasteiger partial charge >= 0.3 is 0 Å². The number of aryl methyl sites for hydroxylation is 1. The number of fused-ring (bicyclic) bond motifs is 1. The highest BCUT2D eigenvalue weighted by Crippen LogP contribution is 2.35. The highest BCUT2D eigenvalue weighted by atomic mass is 35.5. The number of nitrogens with one attached hydrogen (secondary N) is 1. The van der Waals surface area contributed by atoms with Gasteiger partial charge in [0, 0.05) is 27.1 Å². The molecule has 0 bridgehead atoms. The van der Waals surface area contributed by atoms with Crippen LogP contribution in [0.2, 0.25) is 5.02 Å². The molecule has 0 saturated heterocycles. The van der Waals surface area contributed by atoms with E-state index < -0.39 is 0 Å². The fraction of sp³-hybridized carbons (Fsp3) is 0.200. The van der Waals surface area contributed by atoms with Gasteiger partial charge in [0.1, 0.15) is 5.01 Å². The Morgan fingerprint density at radius 1 is 1.16 bits per heavy atom. The largest absolute Gasteiger partial charge is 0.326 e. The summed E-state index contributed by atoms with van der Waals surface area (Å²) in [6, 6.07) is 17.5. The number of aromatic nitrogens is 1. The number of hydrogen-bond donors (Lipinski definition) is 1. The molecule has 1 N–H and O–H groups in total. The number of halogens is 1. The number of thiazole rings is 1. The SMILES string of the molecule is O=C(Nc1cccc(Cl)c1)C1CCc2nc(-c3ccccc3)sc2C1. The number of nitrogens with zero attached hydrogens (tertiary/aromatic N) is 1. The average Bonchev–Trinajstić information content (AvgIpc) is 3.06. The van der Waals surface area contributed by atoms with Crippen molar-refractivity contribution >= 4 is 34.5 Å². The van der Waals surface area contributed by atoms with Gasteiger partial charge in [-0.3, -0.25) is 4.79 Å². The van der Waals surface area contributed by atoms with Gasteiger partial charge < -0.3 is 5.32 Å². The van der Waals surface area contributed by atoms with Crippen LogP contribution < -0.4 is 5.32 Å². The molecular formula is C20H17ClN2OS. The molecule has 0 spiro atoms. The topological polar surface area (TPSA) is 42.0 Å². The molecule has 25 heavy (non-hydrogen) atoms. The molecule has 1 aliphatic carbocycles. The molecule has 3 nitrogen and oxygen atoms in total. The lowest BCUT2D eigenvalue weighted by Gasteiger charge is -2.20. The fourth-order valence-electron chi connectivity index (χ4n) is 3.11. The molecule has 1 amide bonds. The monoisotopic (exact) mass is 368 g/mol. The van der Waals surface area contributed by atoms with Crippen molar-refractivity contribution in [3.05, 3.63) is 70.2 Å². The highest BCUT2D eigenvalue weighted by Gasteiger charge is 2.27. The molecule has 1 aliphatic rings. The Morgan fingerprint density at radius 3 is 2.80 bits per heavy atom. The van der Waals surface area contributed by atoms with Gasteiger partial charge in [0.05, 0.1) is 5.69 Å². The molecule has 0 fully saturated rings. The predicted molar refractivity (Wildman–Crippen MR) is 103 cm³/mol. The van der Waals surface area contributed by atoms with Gasteiger partial charge in [-0.2, -0.15) is 0 Å². The first-order valence-corrected chi connectivity index (χ1v) is 9.49. The summed E-state index contributed by atoms with van der Waals surface area (Å²) in [4.78, 5) is 18.6. The van der Waals surface area contributed by atoms with Crippen molar-refractivity contribution in [3.8, 4) is 10.6 Å². The van der Waals surface area contributed by atoms with Gasteiger partial charge in [-0.15, -0.1) is 11.3 Å². The van der Waals surface area contributed by atoms with Gasteiger partial charge in [-0.05, 0) is 37.5 Å². The normalized spacial score (nSPS) is 16.3. The Kier molecular flexibility index (Phi) is 4.55. The van der Waals surface area contributed by atoms with Gasteiger partial charge in [0.25, 0.3) is 0 Å². The number of carbonyl (C=O) groups excluding carboxylic acids is 1. The van der Waals surface area contributed by atoms with E-state index in [0.717, 1.165) is 41.2 Å². The molecule has 1 heterocycles. The minimum absolute atomic E-state index is 0.0180. The van der Waals surface area contributed by atoms with E-state index in [1.165, 1.54) is 4.88 Å². The molecule has 0 radical (unpaired) electrons. The molecule has 1 unspecified atom stereocenters. The number of benzene rings is 2.